The molecule has 6 rings (SSSR count). The average molecular weight is 475 g/mol. The third-order valence-electron chi connectivity index (χ3n) is 7.14. The molecule has 0 radical (unpaired) electrons. The molecule has 1 aliphatic heterocycles. The summed E-state index contributed by atoms with van der Waals surface area (Å²) in [6, 6.07) is 31.3. The lowest BCUT2D eigenvalue weighted by atomic mass is 9.77. The van der Waals surface area contributed by atoms with Gasteiger partial charge < -0.3 is 19.3 Å². The number of rotatable bonds is 4. The van der Waals surface area contributed by atoms with Crippen molar-refractivity contribution < 1.29 is 14.6 Å². The highest BCUT2D eigenvalue weighted by Crippen LogP contribution is 2.53. The number of cyclic esters (lactones) is 1. The number of phenols is 1. The molecule has 5 aromatic rings. The Hall–Kier alpha value is -4.51. The highest BCUT2D eigenvalue weighted by Gasteiger charge is 2.51. The number of carbonyl (C=O) groups excluding carboxylic acids is 1. The van der Waals surface area contributed by atoms with E-state index in [9.17, 15) is 9.90 Å². The first-order valence-corrected chi connectivity index (χ1v) is 11.9. The molecule has 36 heavy (non-hydrogen) atoms. The van der Waals surface area contributed by atoms with Gasteiger partial charge in [-0.3, -0.25) is 0 Å². The van der Waals surface area contributed by atoms with E-state index in [-0.39, 0.29) is 11.7 Å². The standard InChI is InChI=1S/C31H26N2O3/c1-32(2)22-15-18-26-25(19-22)30(35)36-31(26,21-13-16-23(34)17-14-21)28-24-11-7-8-12-27(24)33(3)29(28)20-9-5-4-6-10-20/h4-19,34H,1-3H3. The number of aryl methyl sites for hydroxylation is 1. The molecule has 2 heterocycles. The monoisotopic (exact) mass is 474 g/mol. The normalized spacial score (nSPS) is 16.7. The first-order chi connectivity index (χ1) is 17.4. The quantitative estimate of drug-likeness (QED) is 0.321. The van der Waals surface area contributed by atoms with Crippen molar-refractivity contribution in [3.05, 3.63) is 119 Å². The summed E-state index contributed by atoms with van der Waals surface area (Å²) in [4.78, 5) is 15.5. The van der Waals surface area contributed by atoms with Crippen molar-refractivity contribution in [2.24, 2.45) is 7.05 Å². The van der Waals surface area contributed by atoms with Gasteiger partial charge >= 0.3 is 5.97 Å². The minimum absolute atomic E-state index is 0.155. The zero-order valence-electron chi connectivity index (χ0n) is 20.4. The minimum Gasteiger partial charge on any atom is -0.508 e. The molecule has 0 fully saturated rings. The van der Waals surface area contributed by atoms with Crippen LogP contribution in [0, 0.1) is 0 Å². The number of phenolic OH excluding ortho intramolecular Hbond substituents is 1. The van der Waals surface area contributed by atoms with Crippen LogP contribution in [0.2, 0.25) is 0 Å². The Morgan fingerprint density at radius 2 is 1.56 bits per heavy atom. The summed E-state index contributed by atoms with van der Waals surface area (Å²) in [5.74, 6) is -0.212. The van der Waals surface area contributed by atoms with Crippen molar-refractivity contribution in [2.45, 2.75) is 5.60 Å². The average Bonchev–Trinajstić information content (AvgIpc) is 3.36. The lowest BCUT2D eigenvalue weighted by Crippen LogP contribution is -2.30. The van der Waals surface area contributed by atoms with Gasteiger partial charge in [0.1, 0.15) is 5.75 Å². The van der Waals surface area contributed by atoms with Gasteiger partial charge in [-0.1, -0.05) is 66.7 Å². The van der Waals surface area contributed by atoms with Gasteiger partial charge in [0, 0.05) is 54.4 Å². The van der Waals surface area contributed by atoms with Crippen LogP contribution in [0.3, 0.4) is 0 Å². The molecular formula is C31H26N2O3. The number of benzene rings is 4. The number of carbonyl (C=O) groups is 1. The Bertz CT molecular complexity index is 1620. The third-order valence-corrected chi connectivity index (χ3v) is 7.14. The number of hydrogen-bond donors (Lipinski definition) is 1. The molecule has 1 atom stereocenters. The van der Waals surface area contributed by atoms with Crippen LogP contribution >= 0.6 is 0 Å². The smallest absolute Gasteiger partial charge is 0.340 e. The zero-order chi connectivity index (χ0) is 25.0. The third kappa shape index (κ3) is 3.06. The number of ether oxygens (including phenoxy) is 1. The second-order valence-electron chi connectivity index (χ2n) is 9.41. The molecule has 5 heteroatoms. The van der Waals surface area contributed by atoms with Crippen LogP contribution in [0.5, 0.6) is 5.75 Å². The van der Waals surface area contributed by atoms with Crippen LogP contribution in [0.15, 0.2) is 97.1 Å². The minimum atomic E-state index is -1.20. The van der Waals surface area contributed by atoms with Gasteiger partial charge in [0.05, 0.1) is 11.3 Å². The van der Waals surface area contributed by atoms with Crippen molar-refractivity contribution in [3.63, 3.8) is 0 Å². The number of anilines is 1. The van der Waals surface area contributed by atoms with E-state index in [1.807, 2.05) is 86.7 Å². The zero-order valence-corrected chi connectivity index (χ0v) is 20.4. The van der Waals surface area contributed by atoms with Crippen molar-refractivity contribution in [2.75, 3.05) is 19.0 Å². The summed E-state index contributed by atoms with van der Waals surface area (Å²) in [6.45, 7) is 0. The fraction of sp³-hybridized carbons (Fsp3) is 0.129. The first-order valence-electron chi connectivity index (χ1n) is 11.9. The number of para-hydroxylation sites is 1. The Labute approximate surface area is 209 Å². The van der Waals surface area contributed by atoms with Gasteiger partial charge in [-0.25, -0.2) is 4.79 Å². The molecule has 0 saturated carbocycles. The van der Waals surface area contributed by atoms with Crippen LogP contribution < -0.4 is 4.90 Å². The fourth-order valence-electron chi connectivity index (χ4n) is 5.46. The van der Waals surface area contributed by atoms with E-state index in [0.29, 0.717) is 5.56 Å². The molecule has 1 N–H and O–H groups in total. The van der Waals surface area contributed by atoms with Crippen molar-refractivity contribution in [3.8, 4) is 17.0 Å². The fourth-order valence-corrected chi connectivity index (χ4v) is 5.46. The number of fused-ring (bicyclic) bond motifs is 2. The van der Waals surface area contributed by atoms with E-state index in [0.717, 1.165) is 44.5 Å². The molecule has 5 nitrogen and oxygen atoms in total. The van der Waals surface area contributed by atoms with Gasteiger partial charge in [0.15, 0.2) is 5.60 Å². The largest absolute Gasteiger partial charge is 0.508 e. The molecule has 178 valence electrons. The predicted octanol–water partition coefficient (Wildman–Crippen LogP) is 6.08. The SMILES string of the molecule is CN(C)c1ccc2c(c1)C(=O)OC2(c1ccc(O)cc1)c1c(-c2ccccc2)n(C)c2ccccc12. The molecule has 0 aliphatic carbocycles. The summed E-state index contributed by atoms with van der Waals surface area (Å²) < 4.78 is 8.67. The summed E-state index contributed by atoms with van der Waals surface area (Å²) in [5.41, 5.74) is 5.78. The van der Waals surface area contributed by atoms with Crippen molar-refractivity contribution in [1.29, 1.82) is 0 Å². The molecule has 0 saturated heterocycles. The lowest BCUT2D eigenvalue weighted by molar-refractivity contribution is 0.0257. The van der Waals surface area contributed by atoms with Gasteiger partial charge in [0.2, 0.25) is 0 Å². The number of hydrogen-bond acceptors (Lipinski definition) is 4. The summed E-state index contributed by atoms with van der Waals surface area (Å²) in [7, 11) is 5.95. The van der Waals surface area contributed by atoms with Crippen molar-refractivity contribution in [1.82, 2.24) is 4.57 Å². The molecule has 0 amide bonds. The molecule has 1 unspecified atom stereocenters. The van der Waals surface area contributed by atoms with E-state index in [2.05, 4.69) is 28.8 Å². The van der Waals surface area contributed by atoms with E-state index in [4.69, 9.17) is 4.74 Å². The number of aromatic hydroxyl groups is 1. The summed E-state index contributed by atoms with van der Waals surface area (Å²) in [6.07, 6.45) is 0. The Morgan fingerprint density at radius 1 is 0.861 bits per heavy atom. The number of aromatic nitrogens is 1. The molecule has 0 spiro atoms. The topological polar surface area (TPSA) is 54.7 Å². The summed E-state index contributed by atoms with van der Waals surface area (Å²) >= 11 is 0. The van der Waals surface area contributed by atoms with Gasteiger partial charge in [-0.15, -0.1) is 0 Å². The van der Waals surface area contributed by atoms with E-state index >= 15 is 0 Å². The van der Waals surface area contributed by atoms with Crippen LogP contribution in [-0.4, -0.2) is 29.7 Å². The van der Waals surface area contributed by atoms with Crippen LogP contribution in [0.25, 0.3) is 22.2 Å². The Kier molecular flexibility index (Phi) is 4.90. The maximum absolute atomic E-state index is 13.6. The first kappa shape index (κ1) is 22.0. The number of esters is 1. The van der Waals surface area contributed by atoms with Gasteiger partial charge in [-0.05, 0) is 35.9 Å². The highest BCUT2D eigenvalue weighted by atomic mass is 16.6. The highest BCUT2D eigenvalue weighted by molar-refractivity contribution is 6.01. The van der Waals surface area contributed by atoms with E-state index in [1.165, 1.54) is 0 Å². The molecular weight excluding hydrogens is 448 g/mol. The number of nitrogens with zero attached hydrogens (tertiary/aromatic N) is 2. The maximum atomic E-state index is 13.6. The predicted molar refractivity (Wildman–Crippen MR) is 143 cm³/mol. The summed E-state index contributed by atoms with van der Waals surface area (Å²) in [5, 5.41) is 11.1. The molecule has 0 bridgehead atoms. The van der Waals surface area contributed by atoms with Crippen LogP contribution in [-0.2, 0) is 17.4 Å². The van der Waals surface area contributed by atoms with Gasteiger partial charge in [0.25, 0.3) is 0 Å². The van der Waals surface area contributed by atoms with E-state index < -0.39 is 5.60 Å². The van der Waals surface area contributed by atoms with Crippen LogP contribution in [0.4, 0.5) is 5.69 Å². The van der Waals surface area contributed by atoms with Gasteiger partial charge in [-0.2, -0.15) is 0 Å². The second kappa shape index (κ2) is 8.02. The second-order valence-corrected chi connectivity index (χ2v) is 9.41. The van der Waals surface area contributed by atoms with E-state index in [1.54, 1.807) is 12.1 Å². The molecule has 1 aliphatic rings. The maximum Gasteiger partial charge on any atom is 0.340 e. The Morgan fingerprint density at radius 3 is 2.28 bits per heavy atom. The van der Waals surface area contributed by atoms with Crippen LogP contribution in [0.1, 0.15) is 27.0 Å². The molecule has 1 aromatic heterocycles. The lowest BCUT2D eigenvalue weighted by Gasteiger charge is -2.31. The van der Waals surface area contributed by atoms with Crippen molar-refractivity contribution >= 4 is 22.6 Å². The Balaban J connectivity index is 1.78. The molecule has 4 aromatic carbocycles.